The molecule has 0 bridgehead atoms. The maximum atomic E-state index is 13.1. The molecular weight excluding hydrogens is 388 g/mol. The normalized spacial score (nSPS) is 14.9. The number of likely N-dealkylation sites (N-methyl/N-ethyl adjacent to an activating group) is 1. The highest BCUT2D eigenvalue weighted by Gasteiger charge is 2.29. The van der Waals surface area contributed by atoms with Crippen LogP contribution in [0.2, 0.25) is 0 Å². The average molecular weight is 427 g/mol. The largest absolute Gasteiger partial charge is 0.340 e. The lowest BCUT2D eigenvalue weighted by Crippen LogP contribution is -2.39. The van der Waals surface area contributed by atoms with Gasteiger partial charge in [0.1, 0.15) is 5.69 Å². The molecular formula is C25H38N4O2. The van der Waals surface area contributed by atoms with Gasteiger partial charge in [-0.25, -0.2) is 0 Å². The maximum absolute atomic E-state index is 13.1. The predicted molar refractivity (Wildman–Crippen MR) is 126 cm³/mol. The lowest BCUT2D eigenvalue weighted by atomic mass is 9.94. The van der Waals surface area contributed by atoms with Crippen LogP contribution in [-0.4, -0.2) is 61.1 Å². The van der Waals surface area contributed by atoms with Crippen LogP contribution in [-0.2, 0) is 11.3 Å². The molecule has 0 radical (unpaired) electrons. The van der Waals surface area contributed by atoms with Crippen LogP contribution in [0.3, 0.4) is 0 Å². The zero-order valence-electron chi connectivity index (χ0n) is 19.8. The first kappa shape index (κ1) is 23.3. The van der Waals surface area contributed by atoms with Gasteiger partial charge in [-0.1, -0.05) is 68.6 Å². The number of aromatic nitrogens is 1. The van der Waals surface area contributed by atoms with E-state index in [1.54, 1.807) is 0 Å². The van der Waals surface area contributed by atoms with Crippen molar-refractivity contribution in [1.82, 2.24) is 15.0 Å². The summed E-state index contributed by atoms with van der Waals surface area (Å²) in [5, 5.41) is 4.49. The second kappa shape index (κ2) is 10.8. The molecule has 31 heavy (non-hydrogen) atoms. The van der Waals surface area contributed by atoms with Crippen molar-refractivity contribution in [2.24, 2.45) is 5.92 Å². The summed E-state index contributed by atoms with van der Waals surface area (Å²) in [5.74, 6) is 0.909. The fraction of sp³-hybridized carbons (Fsp3) is 0.600. The van der Waals surface area contributed by atoms with Gasteiger partial charge in [0.15, 0.2) is 0 Å². The molecule has 6 nitrogen and oxygen atoms in total. The summed E-state index contributed by atoms with van der Waals surface area (Å²) >= 11 is 0. The molecule has 170 valence electrons. The van der Waals surface area contributed by atoms with Gasteiger partial charge in [0.2, 0.25) is 11.8 Å². The number of nitrogens with zero attached hydrogens (tertiary/aromatic N) is 4. The van der Waals surface area contributed by atoms with Crippen LogP contribution in [0.25, 0.3) is 11.3 Å². The molecule has 1 aromatic heterocycles. The number of amides is 1. The second-order valence-electron chi connectivity index (χ2n) is 9.30. The van der Waals surface area contributed by atoms with E-state index in [9.17, 15) is 4.79 Å². The molecule has 1 saturated carbocycles. The average Bonchev–Trinajstić information content (AvgIpc) is 3.20. The van der Waals surface area contributed by atoms with Crippen LogP contribution in [0.1, 0.15) is 51.5 Å². The summed E-state index contributed by atoms with van der Waals surface area (Å²) in [6.45, 7) is 5.93. The van der Waals surface area contributed by atoms with Crippen LogP contribution in [0.15, 0.2) is 34.9 Å². The molecule has 3 rings (SSSR count). The Kier molecular flexibility index (Phi) is 8.13. The standard InChI is InChI=1S/C25H38N4O2/c1-19(2)24(30)29(17-16-27(3)4)18-22-23(20-12-8-6-9-13-20)26-31-25(22)28(5)21-14-10-7-11-15-21/h6,8-9,12-13,19,21H,7,10-11,14-18H2,1-5H3. The van der Waals surface area contributed by atoms with Gasteiger partial charge in [-0.2, -0.15) is 0 Å². The maximum Gasteiger partial charge on any atom is 0.232 e. The number of carbonyl (C=O) groups excluding carboxylic acids is 1. The fourth-order valence-electron chi connectivity index (χ4n) is 4.32. The Balaban J connectivity index is 1.97. The minimum absolute atomic E-state index is 0.0540. The Morgan fingerprint density at radius 3 is 2.35 bits per heavy atom. The summed E-state index contributed by atoms with van der Waals surface area (Å²) in [6, 6.07) is 10.6. The molecule has 1 aromatic carbocycles. The van der Waals surface area contributed by atoms with Crippen molar-refractivity contribution in [1.29, 1.82) is 0 Å². The Morgan fingerprint density at radius 1 is 1.06 bits per heavy atom. The highest BCUT2D eigenvalue weighted by Crippen LogP contribution is 2.35. The smallest absolute Gasteiger partial charge is 0.232 e. The summed E-state index contributed by atoms with van der Waals surface area (Å²) in [7, 11) is 6.19. The predicted octanol–water partition coefficient (Wildman–Crippen LogP) is 4.66. The number of hydrogen-bond acceptors (Lipinski definition) is 5. The van der Waals surface area contributed by atoms with Gasteiger partial charge in [0.25, 0.3) is 0 Å². The first-order valence-corrected chi connectivity index (χ1v) is 11.6. The molecule has 0 saturated heterocycles. The van der Waals surface area contributed by atoms with Crippen molar-refractivity contribution < 1.29 is 9.32 Å². The van der Waals surface area contributed by atoms with Gasteiger partial charge < -0.3 is 19.2 Å². The molecule has 2 aromatic rings. The third-order valence-electron chi connectivity index (χ3n) is 6.23. The lowest BCUT2D eigenvalue weighted by Gasteiger charge is -2.32. The van der Waals surface area contributed by atoms with Crippen molar-refractivity contribution in [2.75, 3.05) is 39.1 Å². The van der Waals surface area contributed by atoms with Crippen LogP contribution in [0.4, 0.5) is 5.88 Å². The quantitative estimate of drug-likeness (QED) is 0.584. The molecule has 1 aliphatic rings. The Bertz CT molecular complexity index is 825. The van der Waals surface area contributed by atoms with Gasteiger partial charge >= 0.3 is 0 Å². The minimum atomic E-state index is -0.0540. The first-order chi connectivity index (χ1) is 14.9. The van der Waals surface area contributed by atoms with Crippen LogP contribution in [0, 0.1) is 5.92 Å². The third-order valence-corrected chi connectivity index (χ3v) is 6.23. The topological polar surface area (TPSA) is 52.8 Å². The van der Waals surface area contributed by atoms with E-state index in [1.165, 1.54) is 32.1 Å². The van der Waals surface area contributed by atoms with Crippen molar-refractivity contribution in [3.63, 3.8) is 0 Å². The molecule has 0 aliphatic heterocycles. The fourth-order valence-corrected chi connectivity index (χ4v) is 4.32. The summed E-state index contributed by atoms with van der Waals surface area (Å²) < 4.78 is 5.96. The monoisotopic (exact) mass is 426 g/mol. The van der Waals surface area contributed by atoms with Gasteiger partial charge in [-0.3, -0.25) is 4.79 Å². The first-order valence-electron chi connectivity index (χ1n) is 11.6. The van der Waals surface area contributed by atoms with Crippen molar-refractivity contribution in [3.8, 4) is 11.3 Å². The number of rotatable bonds is 9. The highest BCUT2D eigenvalue weighted by atomic mass is 16.5. The zero-order valence-corrected chi connectivity index (χ0v) is 19.8. The second-order valence-corrected chi connectivity index (χ2v) is 9.30. The van der Waals surface area contributed by atoms with Crippen molar-refractivity contribution in [2.45, 2.75) is 58.5 Å². The van der Waals surface area contributed by atoms with Gasteiger partial charge in [0, 0.05) is 37.7 Å². The summed E-state index contributed by atoms with van der Waals surface area (Å²) in [4.78, 5) is 19.4. The number of anilines is 1. The van der Waals surface area contributed by atoms with Gasteiger partial charge in [-0.15, -0.1) is 0 Å². The highest BCUT2D eigenvalue weighted by molar-refractivity contribution is 5.79. The molecule has 1 aliphatic carbocycles. The number of hydrogen-bond donors (Lipinski definition) is 0. The van der Waals surface area contributed by atoms with Crippen LogP contribution >= 0.6 is 0 Å². The van der Waals surface area contributed by atoms with E-state index in [0.29, 0.717) is 19.1 Å². The molecule has 1 amide bonds. The minimum Gasteiger partial charge on any atom is -0.340 e. The number of benzene rings is 1. The van der Waals surface area contributed by atoms with E-state index in [1.807, 2.05) is 51.0 Å². The van der Waals surface area contributed by atoms with Crippen LogP contribution in [0.5, 0.6) is 0 Å². The number of carbonyl (C=O) groups is 1. The van der Waals surface area contributed by atoms with Crippen LogP contribution < -0.4 is 4.90 Å². The molecule has 0 N–H and O–H groups in total. The Hall–Kier alpha value is -2.34. The summed E-state index contributed by atoms with van der Waals surface area (Å²) in [5.41, 5.74) is 2.87. The van der Waals surface area contributed by atoms with E-state index in [-0.39, 0.29) is 11.8 Å². The van der Waals surface area contributed by atoms with E-state index >= 15 is 0 Å². The third kappa shape index (κ3) is 5.88. The van der Waals surface area contributed by atoms with E-state index in [4.69, 9.17) is 4.52 Å². The zero-order chi connectivity index (χ0) is 22.4. The molecule has 0 spiro atoms. The van der Waals surface area contributed by atoms with E-state index in [0.717, 1.165) is 29.2 Å². The molecule has 1 heterocycles. The van der Waals surface area contributed by atoms with Gasteiger partial charge in [0.05, 0.1) is 12.1 Å². The Labute approximate surface area is 187 Å². The van der Waals surface area contributed by atoms with Gasteiger partial charge in [-0.05, 0) is 26.9 Å². The molecule has 0 atom stereocenters. The van der Waals surface area contributed by atoms with Crippen molar-refractivity contribution in [3.05, 3.63) is 35.9 Å². The molecule has 1 fully saturated rings. The summed E-state index contributed by atoms with van der Waals surface area (Å²) in [6.07, 6.45) is 6.17. The molecule has 0 unspecified atom stereocenters. The molecule has 6 heteroatoms. The SMILES string of the molecule is CC(C)C(=O)N(CCN(C)C)Cc1c(-c2ccccc2)noc1N(C)C1CCCCC1. The lowest BCUT2D eigenvalue weighted by molar-refractivity contribution is -0.135. The Morgan fingerprint density at radius 2 is 1.74 bits per heavy atom. The van der Waals surface area contributed by atoms with E-state index in [2.05, 4.69) is 34.1 Å². The van der Waals surface area contributed by atoms with Crippen molar-refractivity contribution >= 4 is 11.8 Å². The van der Waals surface area contributed by atoms with E-state index < -0.39 is 0 Å².